The van der Waals surface area contributed by atoms with Crippen molar-refractivity contribution in [3.8, 4) is 0 Å². The highest BCUT2D eigenvalue weighted by Gasteiger charge is 2.53. The average Bonchev–Trinajstić information content (AvgIpc) is 2.98. The third kappa shape index (κ3) is 7.35. The van der Waals surface area contributed by atoms with Crippen molar-refractivity contribution in [2.24, 2.45) is 0 Å². The number of methoxy groups -OCH3 is 1. The predicted octanol–water partition coefficient (Wildman–Crippen LogP) is 3.44. The lowest BCUT2D eigenvalue weighted by Gasteiger charge is -2.50. The van der Waals surface area contributed by atoms with E-state index in [2.05, 4.69) is 0 Å². The van der Waals surface area contributed by atoms with Crippen molar-refractivity contribution in [2.45, 2.75) is 95.4 Å². The van der Waals surface area contributed by atoms with Gasteiger partial charge in [0, 0.05) is 32.9 Å². The van der Waals surface area contributed by atoms with E-state index in [9.17, 15) is 9.59 Å². The molecule has 3 aliphatic heterocycles. The van der Waals surface area contributed by atoms with Crippen molar-refractivity contribution >= 4 is 11.9 Å². The summed E-state index contributed by atoms with van der Waals surface area (Å²) in [6.07, 6.45) is -6.89. The Balaban J connectivity index is 1.39. The number of carbonyl (C=O) groups excluding carboxylic acids is 2. The molecule has 0 spiro atoms. The van der Waals surface area contributed by atoms with Crippen LogP contribution in [0.1, 0.15) is 44.6 Å². The number of carbonyl (C=O) groups is 2. The van der Waals surface area contributed by atoms with Gasteiger partial charge in [0.1, 0.15) is 30.5 Å². The van der Waals surface area contributed by atoms with Crippen LogP contribution in [0.25, 0.3) is 0 Å². The fourth-order valence-corrected chi connectivity index (χ4v) is 5.57. The van der Waals surface area contributed by atoms with E-state index in [0.29, 0.717) is 0 Å². The first-order valence-corrected chi connectivity index (χ1v) is 14.1. The summed E-state index contributed by atoms with van der Waals surface area (Å²) in [5, 5.41) is 0. The lowest BCUT2D eigenvalue weighted by molar-refractivity contribution is -0.386. The van der Waals surface area contributed by atoms with E-state index >= 15 is 0 Å². The third-order valence-corrected chi connectivity index (χ3v) is 7.42. The van der Waals surface area contributed by atoms with Crippen molar-refractivity contribution < 1.29 is 52.2 Å². The molecular formula is C31H38O11. The van der Waals surface area contributed by atoms with Crippen LogP contribution < -0.4 is 0 Å². The maximum Gasteiger partial charge on any atom is 0.303 e. The summed E-state index contributed by atoms with van der Waals surface area (Å²) < 4.78 is 54.6. The van der Waals surface area contributed by atoms with Crippen molar-refractivity contribution in [1.82, 2.24) is 0 Å². The van der Waals surface area contributed by atoms with E-state index in [1.807, 2.05) is 60.7 Å². The minimum Gasteiger partial charge on any atom is -0.458 e. The number of esters is 2. The molecule has 0 radical (unpaired) electrons. The van der Waals surface area contributed by atoms with Gasteiger partial charge >= 0.3 is 11.9 Å². The Kier molecular flexibility index (Phi) is 10.2. The van der Waals surface area contributed by atoms with Crippen LogP contribution in [-0.4, -0.2) is 81.0 Å². The van der Waals surface area contributed by atoms with Crippen LogP contribution in [0.5, 0.6) is 0 Å². The molecule has 3 aliphatic rings. The smallest absolute Gasteiger partial charge is 0.303 e. The molecule has 0 bridgehead atoms. The van der Waals surface area contributed by atoms with Gasteiger partial charge < -0.3 is 42.6 Å². The third-order valence-electron chi connectivity index (χ3n) is 7.42. The molecule has 5 unspecified atom stereocenters. The van der Waals surface area contributed by atoms with Crippen molar-refractivity contribution in [2.75, 3.05) is 13.7 Å². The molecule has 11 heteroatoms. The van der Waals surface area contributed by atoms with Gasteiger partial charge in [0.25, 0.3) is 0 Å². The van der Waals surface area contributed by atoms with Gasteiger partial charge in [-0.05, 0) is 12.5 Å². The van der Waals surface area contributed by atoms with Gasteiger partial charge in [-0.25, -0.2) is 0 Å². The molecule has 0 aromatic heterocycles. The molecule has 2 aromatic rings. The lowest BCUT2D eigenvalue weighted by atomic mass is 9.96. The fraction of sp³-hybridized carbons (Fsp3) is 0.548. The summed E-state index contributed by atoms with van der Waals surface area (Å²) in [4.78, 5) is 23.6. The van der Waals surface area contributed by atoms with Crippen LogP contribution in [0.4, 0.5) is 0 Å². The van der Waals surface area contributed by atoms with Crippen LogP contribution in [0, 0.1) is 0 Å². The highest BCUT2D eigenvalue weighted by molar-refractivity contribution is 5.67. The van der Waals surface area contributed by atoms with Gasteiger partial charge in [-0.15, -0.1) is 0 Å². The second-order valence-electron chi connectivity index (χ2n) is 10.5. The molecule has 0 N–H and O–H groups in total. The Morgan fingerprint density at radius 3 is 2.21 bits per heavy atom. The van der Waals surface area contributed by atoms with E-state index in [-0.39, 0.29) is 19.6 Å². The van der Waals surface area contributed by atoms with Gasteiger partial charge in [0.05, 0.1) is 19.3 Å². The maximum absolute atomic E-state index is 11.9. The molecule has 0 saturated carbocycles. The first-order valence-electron chi connectivity index (χ1n) is 14.1. The summed E-state index contributed by atoms with van der Waals surface area (Å²) in [5.74, 6) is -1.01. The Bertz CT molecular complexity index is 1160. The highest BCUT2D eigenvalue weighted by atomic mass is 16.8. The van der Waals surface area contributed by atoms with Gasteiger partial charge in [0.2, 0.25) is 0 Å². The average molecular weight is 587 g/mol. The van der Waals surface area contributed by atoms with E-state index in [1.54, 1.807) is 6.92 Å². The Labute approximate surface area is 245 Å². The molecule has 5 rings (SSSR count). The molecule has 11 nitrogen and oxygen atoms in total. The largest absolute Gasteiger partial charge is 0.458 e. The van der Waals surface area contributed by atoms with Gasteiger partial charge in [-0.2, -0.15) is 0 Å². The Morgan fingerprint density at radius 2 is 1.55 bits per heavy atom. The molecule has 3 heterocycles. The van der Waals surface area contributed by atoms with E-state index in [4.69, 9.17) is 42.6 Å². The van der Waals surface area contributed by atoms with Gasteiger partial charge in [0.15, 0.2) is 25.0 Å². The monoisotopic (exact) mass is 586 g/mol. The van der Waals surface area contributed by atoms with E-state index in [1.165, 1.54) is 21.0 Å². The van der Waals surface area contributed by atoms with E-state index in [0.717, 1.165) is 11.1 Å². The molecule has 3 saturated heterocycles. The molecule has 0 aliphatic carbocycles. The summed E-state index contributed by atoms with van der Waals surface area (Å²) in [6.45, 7) is 4.88. The van der Waals surface area contributed by atoms with Crippen LogP contribution in [-0.2, 0) is 58.8 Å². The van der Waals surface area contributed by atoms with Gasteiger partial charge in [-0.1, -0.05) is 60.7 Å². The standard InChI is InChI=1S/C31H38O11/c1-18-26(39-20(3)33)23(38-19(2)32)15-25(37-18)41-29-28(35-16-21-11-7-5-8-12-21)27-24(40-31(29)34-4)17-36-30(42-27)22-13-9-6-10-14-22/h5-14,18,23-31H,15-17H2,1-4H3/t18?,23-,24?,25+,26-,27-,28?,29?,30?,31-/m1/s1. The first kappa shape index (κ1) is 30.6. The number of rotatable bonds is 9. The van der Waals surface area contributed by atoms with Crippen molar-refractivity contribution in [3.05, 3.63) is 71.8 Å². The molecule has 10 atom stereocenters. The second kappa shape index (κ2) is 14.0. The highest BCUT2D eigenvalue weighted by Crippen LogP contribution is 2.38. The van der Waals surface area contributed by atoms with Crippen molar-refractivity contribution in [3.63, 3.8) is 0 Å². The molecule has 42 heavy (non-hydrogen) atoms. The second-order valence-corrected chi connectivity index (χ2v) is 10.5. The molecular weight excluding hydrogens is 548 g/mol. The fourth-order valence-electron chi connectivity index (χ4n) is 5.57. The number of ether oxygens (including phenoxy) is 9. The minimum absolute atomic E-state index is 0.116. The Morgan fingerprint density at radius 1 is 0.857 bits per heavy atom. The number of hydrogen-bond acceptors (Lipinski definition) is 11. The number of fused-ring (bicyclic) bond motifs is 1. The lowest BCUT2D eigenvalue weighted by Crippen LogP contribution is -2.64. The number of benzene rings is 2. The number of hydrogen-bond donors (Lipinski definition) is 0. The summed E-state index contributed by atoms with van der Waals surface area (Å²) in [7, 11) is 1.52. The SMILES string of the molecule is CO[C@@H]1OC2COC(c3ccccc3)O[C@H]2C(OCc2ccccc2)C1O[C@H]1C[C@@H](OC(C)=O)[C@H](OC(C)=O)C(C)O1. The zero-order chi connectivity index (χ0) is 29.6. The van der Waals surface area contributed by atoms with Crippen LogP contribution >= 0.6 is 0 Å². The van der Waals surface area contributed by atoms with Crippen molar-refractivity contribution in [1.29, 1.82) is 0 Å². The molecule has 0 amide bonds. The molecule has 3 fully saturated rings. The van der Waals surface area contributed by atoms with Crippen LogP contribution in [0.15, 0.2) is 60.7 Å². The summed E-state index contributed by atoms with van der Waals surface area (Å²) in [5.41, 5.74) is 1.84. The predicted molar refractivity (Wildman–Crippen MR) is 146 cm³/mol. The van der Waals surface area contributed by atoms with Gasteiger partial charge in [-0.3, -0.25) is 9.59 Å². The minimum atomic E-state index is -0.855. The topological polar surface area (TPSA) is 117 Å². The zero-order valence-corrected chi connectivity index (χ0v) is 24.2. The zero-order valence-electron chi connectivity index (χ0n) is 24.2. The summed E-state index contributed by atoms with van der Waals surface area (Å²) in [6, 6.07) is 19.4. The van der Waals surface area contributed by atoms with E-state index < -0.39 is 73.5 Å². The quantitative estimate of drug-likeness (QED) is 0.402. The first-order chi connectivity index (χ1) is 20.3. The van der Waals surface area contributed by atoms with Crippen LogP contribution in [0.3, 0.4) is 0 Å². The molecule has 2 aromatic carbocycles. The summed E-state index contributed by atoms with van der Waals surface area (Å²) >= 11 is 0. The Hall–Kier alpha value is -2.90. The van der Waals surface area contributed by atoms with Crippen LogP contribution in [0.2, 0.25) is 0 Å². The molecule has 228 valence electrons. The maximum atomic E-state index is 11.9. The normalized spacial score (nSPS) is 34.7.